The van der Waals surface area contributed by atoms with E-state index in [9.17, 15) is 0 Å². The first-order chi connectivity index (χ1) is 28.9. The van der Waals surface area contributed by atoms with Gasteiger partial charge in [-0.2, -0.15) is 0 Å². The maximum absolute atomic E-state index is 4.02. The van der Waals surface area contributed by atoms with Crippen molar-refractivity contribution in [3.8, 4) is 9.75 Å². The summed E-state index contributed by atoms with van der Waals surface area (Å²) in [5.41, 5.74) is 0. The number of rotatable bonds is 36. The molecule has 59 heavy (non-hydrogen) atoms. The summed E-state index contributed by atoms with van der Waals surface area (Å²) < 4.78 is 13.2. The van der Waals surface area contributed by atoms with Gasteiger partial charge in [0.05, 0.1) is 0 Å². The minimum atomic E-state index is -2.93. The second-order valence-electron chi connectivity index (χ2n) is 19.0. The van der Waals surface area contributed by atoms with Crippen LogP contribution in [0.5, 0.6) is 0 Å². The van der Waals surface area contributed by atoms with Gasteiger partial charge < -0.3 is 0 Å². The standard InChI is InChI=1S/C52H84Br2GeS4/c1-5-9-13-17-21-23-27-31-35-41(33-29-25-19-15-11-7-3)39-55(40-42(34-30-26-20-16-12-8-4)36-32-28-24-22-18-14-10-6-2)47-49-43(37-45(53)58-49)56-51(47)52-48(55)50-44(57-52)38-46(54)59-50/h37-38,41-42H,5-36,39-40H2,1-4H3. The van der Waals surface area contributed by atoms with Crippen molar-refractivity contribution in [3.63, 3.8) is 0 Å². The molecule has 0 bridgehead atoms. The Balaban J connectivity index is 1.48. The Morgan fingerprint density at radius 3 is 0.949 bits per heavy atom. The van der Waals surface area contributed by atoms with Gasteiger partial charge in [0.1, 0.15) is 0 Å². The van der Waals surface area contributed by atoms with Gasteiger partial charge in [-0.15, -0.1) is 0 Å². The normalized spacial score (nSPS) is 14.5. The van der Waals surface area contributed by atoms with Crippen molar-refractivity contribution in [2.24, 2.45) is 11.8 Å². The SMILES string of the molecule is CCCCCCCCCCC(CCCCCCCC)[CH2][Ge]1([CH2]C(CCCCCCCC)CCCCCCCCCC)[c]2c(sc3cc(Br)sc23)-c2sc3cc(Br)sc3[c]21. The number of fused-ring (bicyclic) bond motifs is 7. The van der Waals surface area contributed by atoms with Crippen molar-refractivity contribution in [1.82, 2.24) is 0 Å². The van der Waals surface area contributed by atoms with Crippen LogP contribution in [0, 0.1) is 11.8 Å². The van der Waals surface area contributed by atoms with Crippen LogP contribution in [0.15, 0.2) is 19.7 Å². The van der Waals surface area contributed by atoms with Gasteiger partial charge in [-0.05, 0) is 0 Å². The molecule has 2 atom stereocenters. The zero-order valence-corrected chi connectivity index (χ0v) is 46.8. The average molecular weight is 1070 g/mol. The molecule has 7 heteroatoms. The molecule has 5 heterocycles. The Bertz CT molecular complexity index is 1590. The molecule has 0 spiro atoms. The summed E-state index contributed by atoms with van der Waals surface area (Å²) in [6, 6.07) is 4.98. The number of halogens is 2. The topological polar surface area (TPSA) is 0 Å². The van der Waals surface area contributed by atoms with Gasteiger partial charge in [-0.25, -0.2) is 0 Å². The Kier molecular flexibility index (Phi) is 24.7. The van der Waals surface area contributed by atoms with Gasteiger partial charge in [-0.1, -0.05) is 0 Å². The average Bonchev–Trinajstić information content (AvgIpc) is 4.00. The number of thiophene rings is 4. The van der Waals surface area contributed by atoms with Gasteiger partial charge in [0.25, 0.3) is 0 Å². The molecule has 0 N–H and O–H groups in total. The van der Waals surface area contributed by atoms with Crippen LogP contribution in [0.1, 0.15) is 233 Å². The van der Waals surface area contributed by atoms with E-state index in [1.165, 1.54) is 213 Å². The summed E-state index contributed by atoms with van der Waals surface area (Å²) in [4.78, 5) is 3.49. The summed E-state index contributed by atoms with van der Waals surface area (Å²) >= 11 is 13.7. The first-order valence-electron chi connectivity index (χ1n) is 25.4. The number of hydrogen-bond acceptors (Lipinski definition) is 4. The Hall–Kier alpha value is 0.823. The molecule has 334 valence electrons. The number of hydrogen-bond donors (Lipinski definition) is 0. The van der Waals surface area contributed by atoms with Crippen LogP contribution in [0.4, 0.5) is 0 Å². The van der Waals surface area contributed by atoms with E-state index in [1.54, 1.807) is 39.1 Å². The van der Waals surface area contributed by atoms with Crippen LogP contribution in [-0.4, -0.2) is 13.3 Å². The van der Waals surface area contributed by atoms with E-state index in [-0.39, 0.29) is 0 Å². The van der Waals surface area contributed by atoms with E-state index in [1.807, 2.05) is 8.79 Å². The van der Waals surface area contributed by atoms with Crippen molar-refractivity contribution < 1.29 is 0 Å². The summed E-state index contributed by atoms with van der Waals surface area (Å²) in [7, 11) is 0. The van der Waals surface area contributed by atoms with Gasteiger partial charge >= 0.3 is 403 Å². The summed E-state index contributed by atoms with van der Waals surface area (Å²) in [6.07, 6.45) is 46.0. The third kappa shape index (κ3) is 15.5. The summed E-state index contributed by atoms with van der Waals surface area (Å²) in [5, 5.41) is 3.11. The zero-order chi connectivity index (χ0) is 41.7. The summed E-state index contributed by atoms with van der Waals surface area (Å²) in [5.74, 6) is 1.77. The third-order valence-corrected chi connectivity index (χ3v) is 33.0. The third-order valence-electron chi connectivity index (χ3n) is 14.0. The molecule has 0 amide bonds. The van der Waals surface area contributed by atoms with Crippen LogP contribution >= 0.6 is 77.2 Å². The fourth-order valence-corrected chi connectivity index (χ4v) is 36.3. The second kappa shape index (κ2) is 28.7. The molecule has 0 saturated heterocycles. The van der Waals surface area contributed by atoms with Crippen molar-refractivity contribution in [3.05, 3.63) is 19.7 Å². The molecule has 0 fully saturated rings. The number of unbranched alkanes of at least 4 members (excludes halogenated alkanes) is 24. The molecule has 2 unspecified atom stereocenters. The monoisotopic (exact) mass is 1070 g/mol. The molecule has 1 aliphatic heterocycles. The van der Waals surface area contributed by atoms with Crippen LogP contribution in [0.25, 0.3) is 28.6 Å². The minimum absolute atomic E-state index is 0.884. The van der Waals surface area contributed by atoms with Crippen LogP contribution < -0.4 is 8.79 Å². The quantitative estimate of drug-likeness (QED) is 0.0315. The van der Waals surface area contributed by atoms with Gasteiger partial charge in [-0.3, -0.25) is 0 Å². The van der Waals surface area contributed by atoms with E-state index >= 15 is 0 Å². The van der Waals surface area contributed by atoms with E-state index < -0.39 is 13.3 Å². The Labute approximate surface area is 399 Å². The Morgan fingerprint density at radius 2 is 0.661 bits per heavy atom. The van der Waals surface area contributed by atoms with Gasteiger partial charge in [0.15, 0.2) is 0 Å². The van der Waals surface area contributed by atoms with E-state index in [0.717, 1.165) is 11.8 Å². The molecule has 5 rings (SSSR count). The molecular formula is C52H84Br2GeS4. The van der Waals surface area contributed by atoms with E-state index in [0.29, 0.717) is 0 Å². The molecule has 1 aliphatic rings. The maximum atomic E-state index is 4.02. The van der Waals surface area contributed by atoms with Crippen molar-refractivity contribution in [2.45, 2.75) is 244 Å². The Morgan fingerprint density at radius 1 is 0.390 bits per heavy atom. The molecule has 0 radical (unpaired) electrons. The predicted molar refractivity (Wildman–Crippen MR) is 286 cm³/mol. The van der Waals surface area contributed by atoms with E-state index in [2.05, 4.69) is 117 Å². The van der Waals surface area contributed by atoms with Gasteiger partial charge in [0.2, 0.25) is 0 Å². The summed E-state index contributed by atoms with van der Waals surface area (Å²) in [6.45, 7) is 9.43. The molecule has 4 aromatic heterocycles. The van der Waals surface area contributed by atoms with Crippen molar-refractivity contribution >= 4 is 118 Å². The van der Waals surface area contributed by atoms with E-state index in [4.69, 9.17) is 0 Å². The zero-order valence-electron chi connectivity index (χ0n) is 38.2. The molecule has 4 aromatic rings. The first kappa shape index (κ1) is 50.8. The van der Waals surface area contributed by atoms with Gasteiger partial charge in [0, 0.05) is 0 Å². The second-order valence-corrected chi connectivity index (χ2v) is 34.3. The predicted octanol–water partition coefficient (Wildman–Crippen LogP) is 21.1. The van der Waals surface area contributed by atoms with Crippen LogP contribution in [0.3, 0.4) is 0 Å². The van der Waals surface area contributed by atoms with Crippen LogP contribution in [0.2, 0.25) is 10.5 Å². The van der Waals surface area contributed by atoms with Crippen molar-refractivity contribution in [2.75, 3.05) is 0 Å². The fraction of sp³-hybridized carbons (Fsp3) is 0.769. The molecule has 0 nitrogen and oxygen atoms in total. The first-order valence-corrected chi connectivity index (χ1v) is 35.3. The molecule has 0 aliphatic carbocycles. The van der Waals surface area contributed by atoms with Crippen molar-refractivity contribution in [1.29, 1.82) is 0 Å². The van der Waals surface area contributed by atoms with Crippen LogP contribution in [-0.2, 0) is 0 Å². The molecular weight excluding hydrogens is 985 g/mol. The molecule has 0 aromatic carbocycles. The molecule has 0 saturated carbocycles. The fourth-order valence-electron chi connectivity index (χ4n) is 10.8.